The number of hydrogen-bond acceptors (Lipinski definition) is 6. The van der Waals surface area contributed by atoms with Crippen LogP contribution in [0.15, 0.2) is 30.3 Å². The quantitative estimate of drug-likeness (QED) is 0.469. The Hall–Kier alpha value is -3.35. The predicted octanol–water partition coefficient (Wildman–Crippen LogP) is 1.99. The van der Waals surface area contributed by atoms with E-state index >= 15 is 0 Å². The summed E-state index contributed by atoms with van der Waals surface area (Å²) in [6.45, 7) is 3.02. The van der Waals surface area contributed by atoms with Crippen LogP contribution in [0.1, 0.15) is 28.4 Å². The van der Waals surface area contributed by atoms with Crippen molar-refractivity contribution in [2.75, 3.05) is 5.32 Å². The van der Waals surface area contributed by atoms with Gasteiger partial charge in [0.05, 0.1) is 16.7 Å². The van der Waals surface area contributed by atoms with Gasteiger partial charge in [0.1, 0.15) is 12.1 Å². The van der Waals surface area contributed by atoms with Crippen LogP contribution in [-0.4, -0.2) is 34.2 Å². The molecule has 2 rings (SSSR count). The Labute approximate surface area is 170 Å². The molecule has 0 bridgehead atoms. The molecule has 2 aromatic rings. The van der Waals surface area contributed by atoms with Crippen molar-refractivity contribution in [3.8, 4) is 11.8 Å². The van der Waals surface area contributed by atoms with Crippen LogP contribution in [0.5, 0.6) is 5.75 Å². The smallest absolute Gasteiger partial charge is 0.269 e. The number of carbonyl (C=O) groups is 2. The summed E-state index contributed by atoms with van der Waals surface area (Å²) in [5.41, 5.74) is 5.38. The first-order valence-electron chi connectivity index (χ1n) is 8.38. The van der Waals surface area contributed by atoms with Crippen LogP contribution >= 0.6 is 11.6 Å². The molecule has 0 aliphatic rings. The minimum Gasteiger partial charge on any atom is -0.505 e. The molecule has 2 amide bonds. The van der Waals surface area contributed by atoms with Crippen LogP contribution in [0.4, 0.5) is 10.1 Å². The van der Waals surface area contributed by atoms with E-state index in [0.717, 1.165) is 18.2 Å². The summed E-state index contributed by atoms with van der Waals surface area (Å²) < 4.78 is 13.1. The fourth-order valence-corrected chi connectivity index (χ4v) is 2.63. The number of rotatable bonds is 5. The molecule has 2 atom stereocenters. The minimum atomic E-state index is -1.17. The molecule has 0 unspecified atom stereocenters. The standard InChI is InChI=1S/C19H18ClFN4O4/c1-9-14(6-4-12(8-22)16(9)20)23-17(10(2)26)19(29)25-24-18(28)11-3-5-13(21)15(27)7-11/h3-7,10,17,23,26-27H,1-2H3,(H,24,28)(H,25,29)/t10-,17+/m0/s1. The fourth-order valence-electron chi connectivity index (χ4n) is 2.42. The summed E-state index contributed by atoms with van der Waals surface area (Å²) in [5, 5.41) is 31.3. The van der Waals surface area contributed by atoms with E-state index in [1.165, 1.54) is 13.0 Å². The molecule has 152 valence electrons. The first-order valence-corrected chi connectivity index (χ1v) is 8.76. The molecule has 0 spiro atoms. The molecule has 0 radical (unpaired) electrons. The number of nitriles is 1. The van der Waals surface area contributed by atoms with Gasteiger partial charge in [0.15, 0.2) is 11.6 Å². The topological polar surface area (TPSA) is 134 Å². The Balaban J connectivity index is 2.10. The number of phenolic OH excluding ortho intramolecular Hbond substituents is 1. The van der Waals surface area contributed by atoms with Crippen LogP contribution < -0.4 is 16.2 Å². The number of hydrazine groups is 1. The number of anilines is 1. The van der Waals surface area contributed by atoms with Crippen molar-refractivity contribution >= 4 is 29.1 Å². The Kier molecular flexibility index (Phi) is 6.98. The number of nitrogens with one attached hydrogen (secondary N) is 3. The summed E-state index contributed by atoms with van der Waals surface area (Å²) in [6, 6.07) is 6.73. The van der Waals surface area contributed by atoms with Crippen LogP contribution in [0.3, 0.4) is 0 Å². The van der Waals surface area contributed by atoms with Gasteiger partial charge in [0.2, 0.25) is 0 Å². The van der Waals surface area contributed by atoms with Gasteiger partial charge in [-0.3, -0.25) is 20.4 Å². The predicted molar refractivity (Wildman–Crippen MR) is 104 cm³/mol. The SMILES string of the molecule is Cc1c(N[C@@H](C(=O)NNC(=O)c2ccc(F)c(O)c2)[C@H](C)O)ccc(C#N)c1Cl. The molecule has 8 nitrogen and oxygen atoms in total. The zero-order chi connectivity index (χ0) is 21.7. The zero-order valence-corrected chi connectivity index (χ0v) is 16.2. The highest BCUT2D eigenvalue weighted by atomic mass is 35.5. The highest BCUT2D eigenvalue weighted by Gasteiger charge is 2.25. The van der Waals surface area contributed by atoms with Crippen molar-refractivity contribution in [3.05, 3.63) is 57.9 Å². The van der Waals surface area contributed by atoms with Gasteiger partial charge in [-0.15, -0.1) is 0 Å². The van der Waals surface area contributed by atoms with Crippen molar-refractivity contribution < 1.29 is 24.2 Å². The van der Waals surface area contributed by atoms with Gasteiger partial charge in [-0.25, -0.2) is 4.39 Å². The lowest BCUT2D eigenvalue weighted by molar-refractivity contribution is -0.124. The fraction of sp³-hybridized carbons (Fsp3) is 0.211. The Bertz CT molecular complexity index is 991. The average molecular weight is 421 g/mol. The Morgan fingerprint density at radius 1 is 1.24 bits per heavy atom. The lowest BCUT2D eigenvalue weighted by atomic mass is 10.1. The lowest BCUT2D eigenvalue weighted by Gasteiger charge is -2.23. The van der Waals surface area contributed by atoms with E-state index in [1.807, 2.05) is 6.07 Å². The minimum absolute atomic E-state index is 0.0829. The van der Waals surface area contributed by atoms with Gasteiger partial charge >= 0.3 is 0 Å². The van der Waals surface area contributed by atoms with Crippen LogP contribution in [0, 0.1) is 24.1 Å². The van der Waals surface area contributed by atoms with E-state index in [2.05, 4.69) is 16.2 Å². The highest BCUT2D eigenvalue weighted by Crippen LogP contribution is 2.27. The molecule has 0 saturated carbocycles. The van der Waals surface area contributed by atoms with Gasteiger partial charge in [-0.1, -0.05) is 11.6 Å². The summed E-state index contributed by atoms with van der Waals surface area (Å²) >= 11 is 6.11. The molecule has 0 aliphatic heterocycles. The number of amides is 2. The number of phenols is 1. The van der Waals surface area contributed by atoms with Crippen molar-refractivity contribution in [2.45, 2.75) is 26.0 Å². The number of aromatic hydroxyl groups is 1. The number of hydrogen-bond donors (Lipinski definition) is 5. The lowest BCUT2D eigenvalue weighted by Crippen LogP contribution is -2.52. The maximum atomic E-state index is 13.1. The normalized spacial score (nSPS) is 12.4. The molecule has 0 heterocycles. The number of aliphatic hydroxyl groups excluding tert-OH is 1. The maximum absolute atomic E-state index is 13.1. The van der Waals surface area contributed by atoms with Gasteiger partial charge in [-0.2, -0.15) is 5.26 Å². The molecule has 0 aliphatic carbocycles. The number of benzene rings is 2. The molecule has 0 saturated heterocycles. The van der Waals surface area contributed by atoms with Crippen LogP contribution in [0.25, 0.3) is 0 Å². The second kappa shape index (κ2) is 9.23. The molecule has 10 heteroatoms. The summed E-state index contributed by atoms with van der Waals surface area (Å²) in [5.74, 6) is -3.16. The van der Waals surface area contributed by atoms with Crippen molar-refractivity contribution in [1.29, 1.82) is 5.26 Å². The largest absolute Gasteiger partial charge is 0.505 e. The average Bonchev–Trinajstić information content (AvgIpc) is 2.68. The number of halogens is 2. The van der Waals surface area contributed by atoms with Crippen LogP contribution in [0.2, 0.25) is 5.02 Å². The zero-order valence-electron chi connectivity index (χ0n) is 15.5. The molecule has 5 N–H and O–H groups in total. The van der Waals surface area contributed by atoms with Gasteiger partial charge in [-0.05, 0) is 49.7 Å². The van der Waals surface area contributed by atoms with Crippen molar-refractivity contribution in [1.82, 2.24) is 10.9 Å². The summed E-state index contributed by atoms with van der Waals surface area (Å²) in [4.78, 5) is 24.5. The third kappa shape index (κ3) is 5.13. The molecule has 0 aromatic heterocycles. The van der Waals surface area contributed by atoms with Gasteiger partial charge < -0.3 is 15.5 Å². The molecule has 2 aromatic carbocycles. The Morgan fingerprint density at radius 3 is 2.52 bits per heavy atom. The second-order valence-corrected chi connectivity index (χ2v) is 6.56. The van der Waals surface area contributed by atoms with E-state index in [9.17, 15) is 24.2 Å². The number of nitrogens with zero attached hydrogens (tertiary/aromatic N) is 1. The second-order valence-electron chi connectivity index (χ2n) is 6.18. The number of aliphatic hydroxyl groups is 1. The first-order chi connectivity index (χ1) is 13.6. The molecule has 29 heavy (non-hydrogen) atoms. The maximum Gasteiger partial charge on any atom is 0.269 e. The van der Waals surface area contributed by atoms with E-state index < -0.39 is 35.5 Å². The third-order valence-corrected chi connectivity index (χ3v) is 4.58. The van der Waals surface area contributed by atoms with Gasteiger partial charge in [0.25, 0.3) is 11.8 Å². The van der Waals surface area contributed by atoms with Crippen molar-refractivity contribution in [3.63, 3.8) is 0 Å². The molecular weight excluding hydrogens is 403 g/mol. The van der Waals surface area contributed by atoms with E-state index in [-0.39, 0.29) is 16.1 Å². The summed E-state index contributed by atoms with van der Waals surface area (Å²) in [6.07, 6.45) is -1.16. The van der Waals surface area contributed by atoms with Crippen LogP contribution in [-0.2, 0) is 4.79 Å². The summed E-state index contributed by atoms with van der Waals surface area (Å²) in [7, 11) is 0. The highest BCUT2D eigenvalue weighted by molar-refractivity contribution is 6.32. The third-order valence-electron chi connectivity index (χ3n) is 4.09. The van der Waals surface area contributed by atoms with Crippen molar-refractivity contribution in [2.24, 2.45) is 0 Å². The Morgan fingerprint density at radius 2 is 1.93 bits per heavy atom. The number of carbonyl (C=O) groups excluding carboxylic acids is 2. The molecule has 0 fully saturated rings. The molecular formula is C19H18ClFN4O4. The van der Waals surface area contributed by atoms with E-state index in [1.54, 1.807) is 13.0 Å². The van der Waals surface area contributed by atoms with E-state index in [4.69, 9.17) is 16.9 Å². The first kappa shape index (κ1) is 21.9. The van der Waals surface area contributed by atoms with Gasteiger partial charge in [0, 0.05) is 11.3 Å². The monoisotopic (exact) mass is 420 g/mol. The van der Waals surface area contributed by atoms with E-state index in [0.29, 0.717) is 11.3 Å².